The lowest BCUT2D eigenvalue weighted by Gasteiger charge is -2.23. The number of allylic oxidation sites excluding steroid dienone is 1. The van der Waals surface area contributed by atoms with Crippen molar-refractivity contribution in [2.75, 3.05) is 7.11 Å². The van der Waals surface area contributed by atoms with Crippen LogP contribution in [0.4, 0.5) is 0 Å². The van der Waals surface area contributed by atoms with Crippen LogP contribution in [-0.4, -0.2) is 31.1 Å². The standard InChI is InChI=1S/C15H20O4/c1-12(16)6-3-7-13-8-4-9-14(19-13)10-5-11-15(17)18-2/h3-5,7,9,11,13-14H,6,8,10H2,1-2H3/t13-,14+/m1/s1. The highest BCUT2D eigenvalue weighted by atomic mass is 16.5. The molecule has 0 fully saturated rings. The van der Waals surface area contributed by atoms with Gasteiger partial charge >= 0.3 is 5.97 Å². The van der Waals surface area contributed by atoms with E-state index in [9.17, 15) is 9.59 Å². The highest BCUT2D eigenvalue weighted by molar-refractivity contribution is 5.81. The molecule has 0 bridgehead atoms. The molecule has 2 atom stereocenters. The average molecular weight is 264 g/mol. The quantitative estimate of drug-likeness (QED) is 0.420. The van der Waals surface area contributed by atoms with E-state index in [-0.39, 0.29) is 24.0 Å². The third kappa shape index (κ3) is 6.72. The van der Waals surface area contributed by atoms with Crippen LogP contribution in [0.2, 0.25) is 0 Å². The monoisotopic (exact) mass is 264 g/mol. The Balaban J connectivity index is 2.38. The lowest BCUT2D eigenvalue weighted by molar-refractivity contribution is -0.134. The maximum atomic E-state index is 10.9. The molecule has 0 aromatic heterocycles. The van der Waals surface area contributed by atoms with Crippen molar-refractivity contribution in [3.8, 4) is 0 Å². The van der Waals surface area contributed by atoms with Gasteiger partial charge in [-0.2, -0.15) is 0 Å². The van der Waals surface area contributed by atoms with Crippen molar-refractivity contribution in [2.24, 2.45) is 0 Å². The number of hydrogen-bond acceptors (Lipinski definition) is 4. The van der Waals surface area contributed by atoms with E-state index in [0.29, 0.717) is 12.8 Å². The number of hydrogen-bond donors (Lipinski definition) is 0. The Morgan fingerprint density at radius 2 is 2.21 bits per heavy atom. The molecule has 0 radical (unpaired) electrons. The molecule has 0 N–H and O–H groups in total. The topological polar surface area (TPSA) is 52.6 Å². The third-order valence-electron chi connectivity index (χ3n) is 2.65. The Morgan fingerprint density at radius 1 is 1.42 bits per heavy atom. The second-order valence-electron chi connectivity index (χ2n) is 4.37. The summed E-state index contributed by atoms with van der Waals surface area (Å²) in [6.45, 7) is 1.56. The zero-order valence-corrected chi connectivity index (χ0v) is 11.4. The number of methoxy groups -OCH3 is 1. The number of rotatable bonds is 6. The minimum atomic E-state index is -0.363. The number of esters is 1. The van der Waals surface area contributed by atoms with E-state index in [1.54, 1.807) is 13.0 Å². The van der Waals surface area contributed by atoms with Crippen molar-refractivity contribution in [2.45, 2.75) is 38.4 Å². The second kappa shape index (κ2) is 8.43. The fourth-order valence-corrected chi connectivity index (χ4v) is 1.70. The fraction of sp³-hybridized carbons (Fsp3) is 0.467. The van der Waals surface area contributed by atoms with Crippen molar-refractivity contribution in [3.05, 3.63) is 36.5 Å². The molecule has 4 heteroatoms. The fourth-order valence-electron chi connectivity index (χ4n) is 1.70. The Bertz CT molecular complexity index is 393. The van der Waals surface area contributed by atoms with Crippen molar-refractivity contribution in [1.82, 2.24) is 0 Å². The summed E-state index contributed by atoms with van der Waals surface area (Å²) in [6.07, 6.45) is 12.8. The van der Waals surface area contributed by atoms with E-state index in [0.717, 1.165) is 6.42 Å². The molecule has 1 heterocycles. The molecule has 4 nitrogen and oxygen atoms in total. The first-order chi connectivity index (χ1) is 9.11. The summed E-state index contributed by atoms with van der Waals surface area (Å²) in [5.41, 5.74) is 0. The van der Waals surface area contributed by atoms with Crippen LogP contribution in [0.3, 0.4) is 0 Å². The molecule has 1 aliphatic rings. The normalized spacial score (nSPS) is 23.1. The summed E-state index contributed by atoms with van der Waals surface area (Å²) in [5, 5.41) is 0. The molecule has 0 aliphatic carbocycles. The van der Waals surface area contributed by atoms with Crippen LogP contribution in [0.15, 0.2) is 36.5 Å². The number of carbonyl (C=O) groups is 2. The largest absolute Gasteiger partial charge is 0.466 e. The molecule has 0 saturated carbocycles. The summed E-state index contributed by atoms with van der Waals surface area (Å²) in [4.78, 5) is 21.7. The third-order valence-corrected chi connectivity index (χ3v) is 2.65. The van der Waals surface area contributed by atoms with E-state index >= 15 is 0 Å². The number of Topliss-reactive ketones (excluding diaryl/α,β-unsaturated/α-hetero) is 1. The summed E-state index contributed by atoms with van der Waals surface area (Å²) in [6, 6.07) is 0. The van der Waals surface area contributed by atoms with Gasteiger partial charge in [0.1, 0.15) is 5.78 Å². The predicted molar refractivity (Wildman–Crippen MR) is 72.6 cm³/mol. The van der Waals surface area contributed by atoms with E-state index in [1.165, 1.54) is 13.2 Å². The first-order valence-electron chi connectivity index (χ1n) is 6.34. The minimum absolute atomic E-state index is 0.000812. The minimum Gasteiger partial charge on any atom is -0.466 e. The van der Waals surface area contributed by atoms with Crippen LogP contribution in [0.5, 0.6) is 0 Å². The lowest BCUT2D eigenvalue weighted by Crippen LogP contribution is -2.22. The molecule has 1 aliphatic heterocycles. The molecular formula is C15H20O4. The number of ether oxygens (including phenoxy) is 2. The van der Waals surface area contributed by atoms with Crippen LogP contribution in [0, 0.1) is 0 Å². The maximum absolute atomic E-state index is 10.9. The summed E-state index contributed by atoms with van der Waals surface area (Å²) < 4.78 is 10.3. The van der Waals surface area contributed by atoms with Gasteiger partial charge in [0, 0.05) is 12.5 Å². The van der Waals surface area contributed by atoms with Crippen molar-refractivity contribution >= 4 is 11.8 Å². The molecule has 0 spiro atoms. The first kappa shape index (κ1) is 15.4. The van der Waals surface area contributed by atoms with Gasteiger partial charge < -0.3 is 9.47 Å². The maximum Gasteiger partial charge on any atom is 0.330 e. The summed E-state index contributed by atoms with van der Waals surface area (Å²) in [7, 11) is 1.35. The molecule has 104 valence electrons. The van der Waals surface area contributed by atoms with E-state index in [1.807, 2.05) is 18.2 Å². The number of carbonyl (C=O) groups excluding carboxylic acids is 2. The van der Waals surface area contributed by atoms with Crippen molar-refractivity contribution < 1.29 is 19.1 Å². The van der Waals surface area contributed by atoms with Crippen LogP contribution in [0.1, 0.15) is 26.2 Å². The Labute approximate surface area is 113 Å². The van der Waals surface area contributed by atoms with Gasteiger partial charge in [-0.15, -0.1) is 0 Å². The highest BCUT2D eigenvalue weighted by Crippen LogP contribution is 2.16. The van der Waals surface area contributed by atoms with Gasteiger partial charge in [-0.3, -0.25) is 4.79 Å². The van der Waals surface area contributed by atoms with Gasteiger partial charge in [0.2, 0.25) is 0 Å². The van der Waals surface area contributed by atoms with E-state index in [2.05, 4.69) is 10.8 Å². The van der Waals surface area contributed by atoms with Crippen LogP contribution in [0.25, 0.3) is 0 Å². The zero-order valence-electron chi connectivity index (χ0n) is 11.4. The Hall–Kier alpha value is -1.68. The van der Waals surface area contributed by atoms with Crippen LogP contribution >= 0.6 is 0 Å². The van der Waals surface area contributed by atoms with Gasteiger partial charge in [0.15, 0.2) is 0 Å². The van der Waals surface area contributed by atoms with Gasteiger partial charge in [0.25, 0.3) is 0 Å². The molecule has 0 amide bonds. The summed E-state index contributed by atoms with van der Waals surface area (Å²) in [5.74, 6) is -0.224. The lowest BCUT2D eigenvalue weighted by atomic mass is 10.1. The molecule has 0 aromatic carbocycles. The SMILES string of the molecule is COC(=O)C=CC[C@@H]1C=CC[C@@H](C=CCC(C)=O)O1. The van der Waals surface area contributed by atoms with Crippen molar-refractivity contribution in [3.63, 3.8) is 0 Å². The van der Waals surface area contributed by atoms with Gasteiger partial charge in [-0.05, 0) is 19.8 Å². The zero-order chi connectivity index (χ0) is 14.1. The average Bonchev–Trinajstić information content (AvgIpc) is 2.38. The second-order valence-corrected chi connectivity index (χ2v) is 4.37. The molecule has 0 unspecified atom stereocenters. The molecule has 1 rings (SSSR count). The highest BCUT2D eigenvalue weighted by Gasteiger charge is 2.14. The molecule has 0 aromatic rings. The molecule has 19 heavy (non-hydrogen) atoms. The first-order valence-corrected chi connectivity index (χ1v) is 6.34. The molecular weight excluding hydrogens is 244 g/mol. The number of ketones is 1. The van der Waals surface area contributed by atoms with Crippen molar-refractivity contribution in [1.29, 1.82) is 0 Å². The van der Waals surface area contributed by atoms with E-state index in [4.69, 9.17) is 4.74 Å². The Kier molecular flexibility index (Phi) is 6.82. The van der Waals surface area contributed by atoms with Gasteiger partial charge in [0.05, 0.1) is 19.3 Å². The van der Waals surface area contributed by atoms with Crippen LogP contribution in [-0.2, 0) is 19.1 Å². The summed E-state index contributed by atoms with van der Waals surface area (Å²) >= 11 is 0. The molecule has 0 saturated heterocycles. The van der Waals surface area contributed by atoms with Gasteiger partial charge in [-0.1, -0.05) is 30.4 Å². The van der Waals surface area contributed by atoms with Crippen LogP contribution < -0.4 is 0 Å². The predicted octanol–water partition coefficient (Wildman–Crippen LogP) is 2.35. The smallest absolute Gasteiger partial charge is 0.330 e. The Morgan fingerprint density at radius 3 is 2.89 bits per heavy atom. The van der Waals surface area contributed by atoms with E-state index < -0.39 is 0 Å². The van der Waals surface area contributed by atoms with Gasteiger partial charge in [-0.25, -0.2) is 4.79 Å².